The first-order valence-corrected chi connectivity index (χ1v) is 8.02. The standard InChI is InChI=1S/C14H16N4O3S/c1-2-3-17-8-9(6-12(17)20)15-13(21)10-7-11(19)16-14-18(10)4-5-22-14/h4-5,7,9H,2-3,6,8H2,1H3,(H,15,21)/t9-/m0/s1. The second-order valence-electron chi connectivity index (χ2n) is 5.25. The molecule has 3 rings (SSSR count). The molecule has 0 spiro atoms. The van der Waals surface area contributed by atoms with Crippen molar-refractivity contribution in [3.63, 3.8) is 0 Å². The maximum atomic E-state index is 12.4. The van der Waals surface area contributed by atoms with E-state index in [0.717, 1.165) is 6.42 Å². The molecular weight excluding hydrogens is 304 g/mol. The van der Waals surface area contributed by atoms with Crippen molar-refractivity contribution in [1.29, 1.82) is 0 Å². The van der Waals surface area contributed by atoms with Crippen molar-refractivity contribution in [1.82, 2.24) is 19.6 Å². The van der Waals surface area contributed by atoms with Gasteiger partial charge in [-0.3, -0.25) is 18.8 Å². The van der Waals surface area contributed by atoms with Crippen molar-refractivity contribution in [3.05, 3.63) is 33.7 Å². The number of hydrogen-bond acceptors (Lipinski definition) is 5. The molecule has 116 valence electrons. The van der Waals surface area contributed by atoms with Crippen LogP contribution in [-0.4, -0.2) is 45.2 Å². The van der Waals surface area contributed by atoms with Crippen LogP contribution in [0.1, 0.15) is 30.3 Å². The lowest BCUT2D eigenvalue weighted by Crippen LogP contribution is -2.38. The van der Waals surface area contributed by atoms with Gasteiger partial charge in [0, 0.05) is 37.2 Å². The first kappa shape index (κ1) is 14.7. The van der Waals surface area contributed by atoms with Gasteiger partial charge in [-0.15, -0.1) is 11.3 Å². The molecule has 0 radical (unpaired) electrons. The Morgan fingerprint density at radius 1 is 1.50 bits per heavy atom. The third kappa shape index (κ3) is 2.74. The van der Waals surface area contributed by atoms with Gasteiger partial charge in [-0.1, -0.05) is 6.92 Å². The first-order chi connectivity index (χ1) is 10.6. The monoisotopic (exact) mass is 320 g/mol. The summed E-state index contributed by atoms with van der Waals surface area (Å²) in [6.07, 6.45) is 2.89. The highest BCUT2D eigenvalue weighted by Gasteiger charge is 2.30. The Bertz CT molecular complexity index is 782. The molecular formula is C14H16N4O3S. The molecule has 22 heavy (non-hydrogen) atoms. The van der Waals surface area contributed by atoms with E-state index in [1.54, 1.807) is 20.9 Å². The zero-order valence-electron chi connectivity index (χ0n) is 12.1. The predicted molar refractivity (Wildman–Crippen MR) is 82.1 cm³/mol. The highest BCUT2D eigenvalue weighted by Crippen LogP contribution is 2.13. The van der Waals surface area contributed by atoms with Gasteiger partial charge in [0.1, 0.15) is 5.69 Å². The molecule has 2 aromatic rings. The van der Waals surface area contributed by atoms with Crippen LogP contribution in [0, 0.1) is 0 Å². The van der Waals surface area contributed by atoms with Gasteiger partial charge in [0.15, 0.2) is 4.96 Å². The second kappa shape index (κ2) is 5.88. The zero-order chi connectivity index (χ0) is 15.7. The van der Waals surface area contributed by atoms with Crippen LogP contribution in [0.2, 0.25) is 0 Å². The average Bonchev–Trinajstić information content (AvgIpc) is 3.05. The van der Waals surface area contributed by atoms with E-state index in [-0.39, 0.29) is 23.6 Å². The summed E-state index contributed by atoms with van der Waals surface area (Å²) in [7, 11) is 0. The SMILES string of the molecule is CCCN1C[C@@H](NC(=O)c2cc(=O)nc3sccn23)CC1=O. The van der Waals surface area contributed by atoms with E-state index in [2.05, 4.69) is 10.3 Å². The third-order valence-electron chi connectivity index (χ3n) is 3.59. The molecule has 1 aliphatic heterocycles. The molecule has 0 aliphatic carbocycles. The van der Waals surface area contributed by atoms with Crippen LogP contribution in [0.4, 0.5) is 0 Å². The number of likely N-dealkylation sites (tertiary alicyclic amines) is 1. The predicted octanol–water partition coefficient (Wildman–Crippen LogP) is 0.497. The average molecular weight is 320 g/mol. The number of fused-ring (bicyclic) bond motifs is 1. The highest BCUT2D eigenvalue weighted by molar-refractivity contribution is 7.15. The van der Waals surface area contributed by atoms with Gasteiger partial charge >= 0.3 is 0 Å². The topological polar surface area (TPSA) is 83.8 Å². The van der Waals surface area contributed by atoms with Crippen molar-refractivity contribution in [2.75, 3.05) is 13.1 Å². The molecule has 2 aromatic heterocycles. The Hall–Kier alpha value is -2.22. The Labute approximate surface area is 130 Å². The number of thiazole rings is 1. The number of carbonyl (C=O) groups excluding carboxylic acids is 2. The lowest BCUT2D eigenvalue weighted by molar-refractivity contribution is -0.127. The van der Waals surface area contributed by atoms with Crippen LogP contribution in [-0.2, 0) is 4.79 Å². The summed E-state index contributed by atoms with van der Waals surface area (Å²) in [4.78, 5) is 41.9. The Morgan fingerprint density at radius 3 is 3.09 bits per heavy atom. The smallest absolute Gasteiger partial charge is 0.274 e. The molecule has 7 nitrogen and oxygen atoms in total. The molecule has 1 N–H and O–H groups in total. The summed E-state index contributed by atoms with van der Waals surface area (Å²) >= 11 is 1.29. The number of rotatable bonds is 4. The van der Waals surface area contributed by atoms with Crippen molar-refractivity contribution in [3.8, 4) is 0 Å². The maximum Gasteiger partial charge on any atom is 0.274 e. The van der Waals surface area contributed by atoms with Crippen LogP contribution in [0.25, 0.3) is 4.96 Å². The van der Waals surface area contributed by atoms with Crippen molar-refractivity contribution >= 4 is 28.1 Å². The van der Waals surface area contributed by atoms with Gasteiger partial charge in [0.25, 0.3) is 11.5 Å². The lowest BCUT2D eigenvalue weighted by Gasteiger charge is -2.16. The van der Waals surface area contributed by atoms with E-state index < -0.39 is 5.56 Å². The fourth-order valence-corrected chi connectivity index (χ4v) is 3.36. The molecule has 1 fully saturated rings. The van der Waals surface area contributed by atoms with E-state index >= 15 is 0 Å². The summed E-state index contributed by atoms with van der Waals surface area (Å²) < 4.78 is 1.59. The van der Waals surface area contributed by atoms with E-state index in [1.165, 1.54) is 17.4 Å². The fourth-order valence-electron chi connectivity index (χ4n) is 2.64. The van der Waals surface area contributed by atoms with Gasteiger partial charge in [-0.2, -0.15) is 4.98 Å². The Balaban J connectivity index is 1.78. The number of hydrogen-bond donors (Lipinski definition) is 1. The van der Waals surface area contributed by atoms with E-state index in [9.17, 15) is 14.4 Å². The first-order valence-electron chi connectivity index (χ1n) is 7.14. The van der Waals surface area contributed by atoms with Gasteiger partial charge in [-0.25, -0.2) is 0 Å². The number of amides is 2. The number of nitrogens with zero attached hydrogens (tertiary/aromatic N) is 3. The van der Waals surface area contributed by atoms with Gasteiger partial charge < -0.3 is 10.2 Å². The maximum absolute atomic E-state index is 12.4. The molecule has 1 saturated heterocycles. The normalized spacial score (nSPS) is 18.1. The Morgan fingerprint density at radius 2 is 2.32 bits per heavy atom. The second-order valence-corrected chi connectivity index (χ2v) is 6.12. The summed E-state index contributed by atoms with van der Waals surface area (Å²) in [6, 6.07) is 0.999. The van der Waals surface area contributed by atoms with Crippen molar-refractivity contribution < 1.29 is 9.59 Å². The molecule has 3 heterocycles. The molecule has 8 heteroatoms. The quantitative estimate of drug-likeness (QED) is 0.889. The molecule has 0 saturated carbocycles. The molecule has 0 unspecified atom stereocenters. The largest absolute Gasteiger partial charge is 0.346 e. The van der Waals surface area contributed by atoms with Crippen LogP contribution in [0.15, 0.2) is 22.4 Å². The van der Waals surface area contributed by atoms with Crippen molar-refractivity contribution in [2.24, 2.45) is 0 Å². The minimum absolute atomic E-state index is 0.0553. The van der Waals surface area contributed by atoms with Crippen LogP contribution in [0.5, 0.6) is 0 Å². The lowest BCUT2D eigenvalue weighted by atomic mass is 10.2. The molecule has 2 amide bonds. The van der Waals surface area contributed by atoms with Crippen molar-refractivity contribution in [2.45, 2.75) is 25.8 Å². The summed E-state index contributed by atoms with van der Waals surface area (Å²) in [6.45, 7) is 3.23. The summed E-state index contributed by atoms with van der Waals surface area (Å²) in [5, 5.41) is 4.60. The van der Waals surface area contributed by atoms with Gasteiger partial charge in [0.2, 0.25) is 5.91 Å². The van der Waals surface area contributed by atoms with E-state index in [0.29, 0.717) is 24.5 Å². The number of nitrogens with one attached hydrogen (secondary N) is 1. The van der Waals surface area contributed by atoms with E-state index in [4.69, 9.17) is 0 Å². The summed E-state index contributed by atoms with van der Waals surface area (Å²) in [5.74, 6) is -0.302. The van der Waals surface area contributed by atoms with E-state index in [1.807, 2.05) is 6.92 Å². The fraction of sp³-hybridized carbons (Fsp3) is 0.429. The minimum Gasteiger partial charge on any atom is -0.346 e. The molecule has 0 aromatic carbocycles. The minimum atomic E-state index is -0.442. The van der Waals surface area contributed by atoms with Gasteiger partial charge in [0.05, 0.1) is 6.04 Å². The number of carbonyl (C=O) groups is 2. The zero-order valence-corrected chi connectivity index (χ0v) is 12.9. The highest BCUT2D eigenvalue weighted by atomic mass is 32.1. The Kier molecular flexibility index (Phi) is 3.93. The van der Waals surface area contributed by atoms with Gasteiger partial charge in [-0.05, 0) is 6.42 Å². The molecule has 1 aliphatic rings. The summed E-state index contributed by atoms with van der Waals surface area (Å²) in [5.41, 5.74) is -0.194. The number of aromatic nitrogens is 2. The molecule has 0 bridgehead atoms. The third-order valence-corrected chi connectivity index (χ3v) is 4.35. The van der Waals surface area contributed by atoms with Crippen LogP contribution in [0.3, 0.4) is 0 Å². The van der Waals surface area contributed by atoms with Crippen LogP contribution >= 0.6 is 11.3 Å². The van der Waals surface area contributed by atoms with Crippen LogP contribution < -0.4 is 10.9 Å². The molecule has 1 atom stereocenters.